The number of carbonyl (C=O) groups excluding carboxylic acids is 10. The quantitative estimate of drug-likeness (QED) is 0.0625. The molecular formula is C65H90O20. The van der Waals surface area contributed by atoms with E-state index < -0.39 is 18.0 Å². The smallest absolute Gasteiger partial charge is 0.303 e. The van der Waals surface area contributed by atoms with Gasteiger partial charge in [0.25, 0.3) is 0 Å². The molecule has 9 rings (SSSR count). The standard InChI is InChI=1S/4C13H18O4.C8H12O4.C5H6/c4*1-8(14)16-7-13(17-9(2)15)12-6-10-3-4-11(12)5-10;1-4-8(12-7(3)10)5-11-6(2)9;1-2-4-5-3-1/h4*3-4,10-13H,5-7H2,1-2H3;4,8H,1,5H2,2-3H3;1-4H,5H2/t4*10?,11?,12?,13-;;/m1000../s1. The molecule has 4 saturated carbocycles. The van der Waals surface area contributed by atoms with E-state index >= 15 is 0 Å². The van der Waals surface area contributed by atoms with Gasteiger partial charge in [-0.3, -0.25) is 47.9 Å². The van der Waals surface area contributed by atoms with Crippen LogP contribution in [0.2, 0.25) is 0 Å². The van der Waals surface area contributed by atoms with Gasteiger partial charge in [-0.25, -0.2) is 0 Å². The van der Waals surface area contributed by atoms with E-state index in [2.05, 4.69) is 84.2 Å². The van der Waals surface area contributed by atoms with E-state index in [1.165, 1.54) is 75.3 Å². The topological polar surface area (TPSA) is 263 Å². The molecule has 4 fully saturated rings. The van der Waals surface area contributed by atoms with Crippen LogP contribution in [-0.2, 0) is 95.3 Å². The Bertz CT molecular complexity index is 2200. The Morgan fingerprint density at radius 1 is 0.341 bits per heavy atom. The van der Waals surface area contributed by atoms with Crippen LogP contribution in [0.4, 0.5) is 0 Å². The second-order valence-corrected chi connectivity index (χ2v) is 22.9. The maximum absolute atomic E-state index is 11.1. The van der Waals surface area contributed by atoms with Crippen LogP contribution >= 0.6 is 0 Å². The predicted molar refractivity (Wildman–Crippen MR) is 309 cm³/mol. The van der Waals surface area contributed by atoms with Crippen molar-refractivity contribution in [3.05, 3.63) is 85.6 Å². The highest BCUT2D eigenvalue weighted by Gasteiger charge is 2.45. The van der Waals surface area contributed by atoms with E-state index in [1.807, 2.05) is 0 Å². The van der Waals surface area contributed by atoms with Gasteiger partial charge in [0.05, 0.1) is 0 Å². The van der Waals surface area contributed by atoms with Crippen LogP contribution in [0.5, 0.6) is 0 Å². The zero-order valence-corrected chi connectivity index (χ0v) is 51.1. The zero-order valence-electron chi connectivity index (χ0n) is 51.1. The van der Waals surface area contributed by atoms with Gasteiger partial charge in [0, 0.05) is 92.9 Å². The number of allylic oxidation sites excluding steroid dienone is 12. The van der Waals surface area contributed by atoms with Crippen LogP contribution in [0.1, 0.15) is 127 Å². The van der Waals surface area contributed by atoms with Gasteiger partial charge >= 0.3 is 59.7 Å². The second kappa shape index (κ2) is 36.0. The minimum atomic E-state index is -0.550. The van der Waals surface area contributed by atoms with Crippen molar-refractivity contribution in [2.45, 2.75) is 158 Å². The summed E-state index contributed by atoms with van der Waals surface area (Å²) < 4.78 is 50.4. The highest BCUT2D eigenvalue weighted by molar-refractivity contribution is 5.69. The minimum Gasteiger partial charge on any atom is -0.462 e. The summed E-state index contributed by atoms with van der Waals surface area (Å²) in [5.74, 6) is 2.12. The Hall–Kier alpha value is -7.12. The summed E-state index contributed by atoms with van der Waals surface area (Å²) in [5.41, 5.74) is 0. The van der Waals surface area contributed by atoms with Crippen molar-refractivity contribution in [2.24, 2.45) is 71.0 Å². The summed E-state index contributed by atoms with van der Waals surface area (Å²) in [6.45, 7) is 17.8. The highest BCUT2D eigenvalue weighted by atomic mass is 16.6. The summed E-state index contributed by atoms with van der Waals surface area (Å²) in [7, 11) is 0. The van der Waals surface area contributed by atoms with Crippen LogP contribution < -0.4 is 0 Å². The predicted octanol–water partition coefficient (Wildman–Crippen LogP) is 8.94. The lowest BCUT2D eigenvalue weighted by Crippen LogP contribution is -2.33. The lowest BCUT2D eigenvalue weighted by atomic mass is 9.88. The molecule has 0 radical (unpaired) electrons. The SMILES string of the molecule is C1=CCC=C1.C=CC(COC(C)=O)OC(C)=O.CC(=O)OC[C@@H](OC(C)=O)C1CC2C=CC1C2.CC(=O)OC[C@H](OC(C)=O)C1CC2C=CC1C2.CC(=O)OC[C@H](OC(C)=O)C1CC2C=CC1C2.CC(=O)OC[C@H](OC(C)=O)C1CC2C=CC1C2. The minimum absolute atomic E-state index is 0.0262. The first kappa shape index (κ1) is 70.4. The molecule has 0 aromatic carbocycles. The van der Waals surface area contributed by atoms with Crippen LogP contribution in [-0.4, -0.2) is 123 Å². The molecule has 13 unspecified atom stereocenters. The molecule has 0 aliphatic heterocycles. The summed E-state index contributed by atoms with van der Waals surface area (Å²) in [6.07, 6.45) is 35.6. The number of esters is 10. The van der Waals surface area contributed by atoms with E-state index in [0.29, 0.717) is 71.0 Å². The van der Waals surface area contributed by atoms with Crippen LogP contribution in [0.25, 0.3) is 0 Å². The fourth-order valence-electron chi connectivity index (χ4n) is 12.6. The second-order valence-electron chi connectivity index (χ2n) is 22.9. The molecule has 0 saturated heterocycles. The van der Waals surface area contributed by atoms with Crippen molar-refractivity contribution < 1.29 is 95.3 Å². The van der Waals surface area contributed by atoms with Crippen molar-refractivity contribution in [3.8, 4) is 0 Å². The molecular weight excluding hydrogens is 1100 g/mol. The zero-order chi connectivity index (χ0) is 62.8. The average molecular weight is 1190 g/mol. The van der Waals surface area contributed by atoms with Crippen molar-refractivity contribution in [2.75, 3.05) is 33.0 Å². The van der Waals surface area contributed by atoms with E-state index in [9.17, 15) is 47.9 Å². The molecule has 8 bridgehead atoms. The molecule has 0 spiro atoms. The molecule has 0 aromatic rings. The number of fused-ring (bicyclic) bond motifs is 8. The molecule has 20 heteroatoms. The van der Waals surface area contributed by atoms with Gasteiger partial charge in [-0.2, -0.15) is 0 Å². The highest BCUT2D eigenvalue weighted by Crippen LogP contribution is 2.48. The van der Waals surface area contributed by atoms with Crippen LogP contribution in [0.3, 0.4) is 0 Å². The Labute approximate surface area is 500 Å². The molecule has 9 aliphatic rings. The molecule has 0 heterocycles. The van der Waals surface area contributed by atoms with Crippen molar-refractivity contribution in [3.63, 3.8) is 0 Å². The van der Waals surface area contributed by atoms with Gasteiger partial charge in [0.2, 0.25) is 0 Å². The normalized spacial score (nSPS) is 27.7. The van der Waals surface area contributed by atoms with E-state index in [1.54, 1.807) is 0 Å². The molecule has 0 N–H and O–H groups in total. The van der Waals surface area contributed by atoms with Gasteiger partial charge in [-0.05, 0) is 111 Å². The van der Waals surface area contributed by atoms with Gasteiger partial charge in [0.1, 0.15) is 57.5 Å². The average Bonchev–Trinajstić information content (AvgIpc) is 4.06. The molecule has 17 atom stereocenters. The summed E-state index contributed by atoms with van der Waals surface area (Å²) >= 11 is 0. The van der Waals surface area contributed by atoms with Gasteiger partial charge in [0.15, 0.2) is 6.10 Å². The summed E-state index contributed by atoms with van der Waals surface area (Å²) in [5, 5.41) is 0. The molecule has 9 aliphatic carbocycles. The van der Waals surface area contributed by atoms with Crippen molar-refractivity contribution in [1.82, 2.24) is 0 Å². The monoisotopic (exact) mass is 1190 g/mol. The number of carbonyl (C=O) groups is 10. The molecule has 470 valence electrons. The number of hydrogen-bond donors (Lipinski definition) is 0. The number of ether oxygens (including phenoxy) is 10. The molecule has 85 heavy (non-hydrogen) atoms. The lowest BCUT2D eigenvalue weighted by Gasteiger charge is -2.27. The van der Waals surface area contributed by atoms with Gasteiger partial charge in [-0.15, -0.1) is 0 Å². The number of hydrogen-bond acceptors (Lipinski definition) is 20. The third kappa shape index (κ3) is 26.0. The van der Waals surface area contributed by atoms with E-state index in [-0.39, 0.29) is 105 Å². The Kier molecular flexibility index (Phi) is 29.8. The Morgan fingerprint density at radius 3 is 0.729 bits per heavy atom. The number of rotatable bonds is 20. The molecule has 0 aromatic heterocycles. The maximum Gasteiger partial charge on any atom is 0.303 e. The van der Waals surface area contributed by atoms with Crippen LogP contribution in [0, 0.1) is 71.0 Å². The third-order valence-corrected chi connectivity index (χ3v) is 16.0. The summed E-state index contributed by atoms with van der Waals surface area (Å²) in [6, 6.07) is 0. The van der Waals surface area contributed by atoms with Gasteiger partial charge in [-0.1, -0.05) is 79.5 Å². The summed E-state index contributed by atoms with van der Waals surface area (Å²) in [4.78, 5) is 108. The lowest BCUT2D eigenvalue weighted by molar-refractivity contribution is -0.160. The fraction of sp³-hybridized carbons (Fsp3) is 0.631. The van der Waals surface area contributed by atoms with Crippen LogP contribution in [0.15, 0.2) is 85.6 Å². The van der Waals surface area contributed by atoms with E-state index in [4.69, 9.17) is 42.6 Å². The van der Waals surface area contributed by atoms with Crippen molar-refractivity contribution in [1.29, 1.82) is 0 Å². The fourth-order valence-corrected chi connectivity index (χ4v) is 12.6. The molecule has 20 nitrogen and oxygen atoms in total. The first-order chi connectivity index (χ1) is 40.3. The largest absolute Gasteiger partial charge is 0.462 e. The van der Waals surface area contributed by atoms with E-state index in [0.717, 1.165) is 57.8 Å². The van der Waals surface area contributed by atoms with Crippen molar-refractivity contribution >= 4 is 59.7 Å². The first-order valence-corrected chi connectivity index (χ1v) is 29.5. The molecule has 0 amide bonds. The maximum atomic E-state index is 11.1. The Balaban J connectivity index is 0.000000224. The first-order valence-electron chi connectivity index (χ1n) is 29.5. The van der Waals surface area contributed by atoms with Gasteiger partial charge < -0.3 is 47.4 Å². The Morgan fingerprint density at radius 2 is 0.576 bits per heavy atom. The third-order valence-electron chi connectivity index (χ3n) is 16.0.